The summed E-state index contributed by atoms with van der Waals surface area (Å²) in [6.45, 7) is 0.446. The molecule has 1 amide bonds. The number of benzene rings is 1. The second-order valence-corrected chi connectivity index (χ2v) is 7.03. The standard InChI is InChI=1S/C16H14BrCl2N5O2/c1-23-14(11(17)7-21-23)8-20-16(25)13-4-5-24(22-13)9-26-15-3-2-10(18)6-12(15)19/h2-7H,8-9H2,1H3,(H,20,25). The predicted molar refractivity (Wildman–Crippen MR) is 101 cm³/mol. The van der Waals surface area contributed by atoms with Crippen molar-refractivity contribution in [3.63, 3.8) is 0 Å². The van der Waals surface area contributed by atoms with Crippen LogP contribution in [0.15, 0.2) is 41.1 Å². The van der Waals surface area contributed by atoms with Gasteiger partial charge in [-0.1, -0.05) is 23.2 Å². The third-order valence-corrected chi connectivity index (χ3v) is 4.74. The molecular formula is C16H14BrCl2N5O2. The number of nitrogens with zero attached hydrogens (tertiary/aromatic N) is 4. The highest BCUT2D eigenvalue weighted by Gasteiger charge is 2.12. The van der Waals surface area contributed by atoms with Crippen LogP contribution >= 0.6 is 39.1 Å². The Morgan fingerprint density at radius 2 is 2.15 bits per heavy atom. The number of hydrogen-bond acceptors (Lipinski definition) is 4. The number of hydrogen-bond donors (Lipinski definition) is 1. The van der Waals surface area contributed by atoms with Crippen LogP contribution < -0.4 is 10.1 Å². The van der Waals surface area contributed by atoms with Crippen LogP contribution in [-0.2, 0) is 20.3 Å². The summed E-state index contributed by atoms with van der Waals surface area (Å²) in [6, 6.07) is 6.56. The number of aryl methyl sites for hydroxylation is 1. The zero-order valence-electron chi connectivity index (χ0n) is 13.6. The van der Waals surface area contributed by atoms with Gasteiger partial charge >= 0.3 is 0 Å². The van der Waals surface area contributed by atoms with Gasteiger partial charge in [0.25, 0.3) is 5.91 Å². The summed E-state index contributed by atoms with van der Waals surface area (Å²) in [5, 5.41) is 12.0. The summed E-state index contributed by atoms with van der Waals surface area (Å²) in [7, 11) is 1.81. The Labute approximate surface area is 168 Å². The molecule has 10 heteroatoms. The molecule has 0 aliphatic carbocycles. The summed E-state index contributed by atoms with van der Waals surface area (Å²) in [5.41, 5.74) is 1.15. The number of nitrogens with one attached hydrogen (secondary N) is 1. The fourth-order valence-electron chi connectivity index (χ4n) is 2.17. The van der Waals surface area contributed by atoms with Gasteiger partial charge < -0.3 is 10.1 Å². The summed E-state index contributed by atoms with van der Waals surface area (Å²) >= 11 is 15.3. The van der Waals surface area contributed by atoms with Crippen LogP contribution in [0.5, 0.6) is 5.75 Å². The molecule has 0 saturated heterocycles. The van der Waals surface area contributed by atoms with Gasteiger partial charge in [0.05, 0.1) is 27.9 Å². The fourth-order valence-corrected chi connectivity index (χ4v) is 3.12. The lowest BCUT2D eigenvalue weighted by Gasteiger charge is -2.08. The highest BCUT2D eigenvalue weighted by Crippen LogP contribution is 2.27. The first kappa shape index (κ1) is 18.8. The van der Waals surface area contributed by atoms with Crippen LogP contribution in [0.25, 0.3) is 0 Å². The van der Waals surface area contributed by atoms with Crippen LogP contribution in [0.2, 0.25) is 10.0 Å². The normalized spacial score (nSPS) is 10.8. The lowest BCUT2D eigenvalue weighted by atomic mass is 10.3. The molecule has 0 radical (unpaired) electrons. The van der Waals surface area contributed by atoms with Crippen molar-refractivity contribution in [3.8, 4) is 5.75 Å². The van der Waals surface area contributed by atoms with Crippen LogP contribution in [0.4, 0.5) is 0 Å². The van der Waals surface area contributed by atoms with Crippen LogP contribution in [-0.4, -0.2) is 25.5 Å². The van der Waals surface area contributed by atoms with Crippen molar-refractivity contribution >= 4 is 45.0 Å². The second kappa shape index (κ2) is 8.11. The van der Waals surface area contributed by atoms with Gasteiger partial charge in [0.15, 0.2) is 6.73 Å². The van der Waals surface area contributed by atoms with Crippen molar-refractivity contribution in [1.29, 1.82) is 0 Å². The zero-order chi connectivity index (χ0) is 18.7. The van der Waals surface area contributed by atoms with E-state index in [9.17, 15) is 4.79 Å². The van der Waals surface area contributed by atoms with Crippen LogP contribution in [0.1, 0.15) is 16.2 Å². The Hall–Kier alpha value is -2.03. The average Bonchev–Trinajstić information content (AvgIpc) is 3.19. The fraction of sp³-hybridized carbons (Fsp3) is 0.188. The molecule has 0 bridgehead atoms. The molecule has 1 aromatic carbocycles. The SMILES string of the molecule is Cn1ncc(Br)c1CNC(=O)c1ccn(COc2ccc(Cl)cc2Cl)n1. The Morgan fingerprint density at radius 3 is 2.85 bits per heavy atom. The van der Waals surface area contributed by atoms with Crippen molar-refractivity contribution < 1.29 is 9.53 Å². The van der Waals surface area contributed by atoms with E-state index in [4.69, 9.17) is 27.9 Å². The first-order chi connectivity index (χ1) is 12.4. The van der Waals surface area contributed by atoms with Gasteiger partial charge in [0.1, 0.15) is 11.4 Å². The summed E-state index contributed by atoms with van der Waals surface area (Å²) in [5.74, 6) is 0.194. The predicted octanol–water partition coefficient (Wildman–Crippen LogP) is 3.65. The van der Waals surface area contributed by atoms with Gasteiger partial charge in [0.2, 0.25) is 0 Å². The number of rotatable bonds is 6. The van der Waals surface area contributed by atoms with E-state index in [1.807, 2.05) is 0 Å². The number of halogens is 3. The van der Waals surface area contributed by atoms with Crippen LogP contribution in [0, 0.1) is 0 Å². The molecule has 3 aromatic rings. The highest BCUT2D eigenvalue weighted by molar-refractivity contribution is 9.10. The minimum Gasteiger partial charge on any atom is -0.470 e. The molecule has 0 saturated carbocycles. The average molecular weight is 459 g/mol. The molecule has 26 heavy (non-hydrogen) atoms. The van der Waals surface area contributed by atoms with Crippen molar-refractivity contribution in [1.82, 2.24) is 24.9 Å². The number of amides is 1. The molecular weight excluding hydrogens is 445 g/mol. The molecule has 2 heterocycles. The lowest BCUT2D eigenvalue weighted by molar-refractivity contribution is 0.0943. The maximum atomic E-state index is 12.2. The minimum atomic E-state index is -0.290. The number of carbonyl (C=O) groups is 1. The third-order valence-electron chi connectivity index (χ3n) is 3.55. The van der Waals surface area contributed by atoms with Gasteiger partial charge in [-0.2, -0.15) is 10.2 Å². The molecule has 3 rings (SSSR count). The maximum Gasteiger partial charge on any atom is 0.272 e. The second-order valence-electron chi connectivity index (χ2n) is 5.33. The molecule has 0 spiro atoms. The first-order valence-corrected chi connectivity index (χ1v) is 9.05. The van der Waals surface area contributed by atoms with E-state index < -0.39 is 0 Å². The molecule has 7 nitrogen and oxygen atoms in total. The Bertz CT molecular complexity index is 921. The topological polar surface area (TPSA) is 74.0 Å². The van der Waals surface area contributed by atoms with Gasteiger partial charge in [-0.05, 0) is 40.2 Å². The maximum absolute atomic E-state index is 12.2. The largest absolute Gasteiger partial charge is 0.470 e. The van der Waals surface area contributed by atoms with Crippen molar-refractivity contribution in [2.75, 3.05) is 0 Å². The molecule has 1 N–H and O–H groups in total. The number of carbonyl (C=O) groups excluding carboxylic acids is 1. The smallest absolute Gasteiger partial charge is 0.272 e. The molecule has 136 valence electrons. The van der Waals surface area contributed by atoms with Gasteiger partial charge in [-0.3, -0.25) is 9.48 Å². The van der Waals surface area contributed by atoms with E-state index in [2.05, 4.69) is 31.4 Å². The molecule has 0 aliphatic heterocycles. The Kier molecular flexibility index (Phi) is 5.85. The van der Waals surface area contributed by atoms with E-state index in [0.29, 0.717) is 22.3 Å². The van der Waals surface area contributed by atoms with E-state index in [1.54, 1.807) is 48.4 Å². The zero-order valence-corrected chi connectivity index (χ0v) is 16.7. The molecule has 0 atom stereocenters. The van der Waals surface area contributed by atoms with Gasteiger partial charge in [-0.15, -0.1) is 0 Å². The molecule has 0 unspecified atom stereocenters. The molecule has 0 aliphatic rings. The van der Waals surface area contributed by atoms with Gasteiger partial charge in [0, 0.05) is 18.3 Å². The summed E-state index contributed by atoms with van der Waals surface area (Å²) in [4.78, 5) is 12.2. The number of ether oxygens (including phenoxy) is 1. The Morgan fingerprint density at radius 1 is 1.35 bits per heavy atom. The monoisotopic (exact) mass is 457 g/mol. The molecule has 0 fully saturated rings. The van der Waals surface area contributed by atoms with E-state index in [1.165, 1.54) is 4.68 Å². The molecule has 2 aromatic heterocycles. The first-order valence-electron chi connectivity index (χ1n) is 7.50. The van der Waals surface area contributed by atoms with Crippen molar-refractivity contribution in [3.05, 3.63) is 62.6 Å². The third kappa shape index (κ3) is 4.38. The number of aromatic nitrogens is 4. The van der Waals surface area contributed by atoms with Crippen LogP contribution in [0.3, 0.4) is 0 Å². The lowest BCUT2D eigenvalue weighted by Crippen LogP contribution is -2.25. The highest BCUT2D eigenvalue weighted by atomic mass is 79.9. The van der Waals surface area contributed by atoms with Crippen molar-refractivity contribution in [2.24, 2.45) is 7.05 Å². The minimum absolute atomic E-state index is 0.113. The Balaban J connectivity index is 1.57. The van der Waals surface area contributed by atoms with E-state index in [0.717, 1.165) is 10.2 Å². The van der Waals surface area contributed by atoms with E-state index >= 15 is 0 Å². The summed E-state index contributed by atoms with van der Waals surface area (Å²) < 4.78 is 9.60. The quantitative estimate of drug-likeness (QED) is 0.611. The van der Waals surface area contributed by atoms with Crippen molar-refractivity contribution in [2.45, 2.75) is 13.3 Å². The van der Waals surface area contributed by atoms with Gasteiger partial charge in [-0.25, -0.2) is 4.68 Å². The summed E-state index contributed by atoms with van der Waals surface area (Å²) in [6.07, 6.45) is 3.33. The van der Waals surface area contributed by atoms with E-state index in [-0.39, 0.29) is 18.3 Å².